The number of aromatic nitrogens is 3. The van der Waals surface area contributed by atoms with Gasteiger partial charge in [0, 0.05) is 11.3 Å². The Morgan fingerprint density at radius 2 is 2.24 bits per heavy atom. The van der Waals surface area contributed by atoms with Crippen LogP contribution in [0.5, 0.6) is 0 Å². The van der Waals surface area contributed by atoms with Crippen LogP contribution in [-0.4, -0.2) is 33.2 Å². The number of H-pyrrole nitrogens is 1. The average molecular weight is 248 g/mol. The van der Waals surface area contributed by atoms with Gasteiger partial charge in [0.1, 0.15) is 5.82 Å². The summed E-state index contributed by atoms with van der Waals surface area (Å²) in [4.78, 5) is 8.29. The van der Waals surface area contributed by atoms with E-state index in [0.717, 1.165) is 24.6 Å². The van der Waals surface area contributed by atoms with Crippen molar-refractivity contribution < 1.29 is 0 Å². The zero-order valence-electron chi connectivity index (χ0n) is 9.72. The lowest BCUT2D eigenvalue weighted by molar-refractivity contribution is 0.323. The number of aromatic amines is 1. The Bertz CT molecular complexity index is 457. The first kappa shape index (κ1) is 10.9. The first-order valence-electron chi connectivity index (χ1n) is 6.05. The molecule has 1 saturated heterocycles. The van der Waals surface area contributed by atoms with Gasteiger partial charge in [-0.05, 0) is 37.4 Å². The summed E-state index contributed by atoms with van der Waals surface area (Å²) in [6.45, 7) is 3.27. The normalized spacial score (nSPS) is 16.7. The van der Waals surface area contributed by atoms with Crippen molar-refractivity contribution in [3.05, 3.63) is 34.0 Å². The SMILES string of the molecule is c1csc(Cc2nc(CN3CCCC3)n[nH]2)c1. The molecule has 4 nitrogen and oxygen atoms in total. The molecular weight excluding hydrogens is 232 g/mol. The van der Waals surface area contributed by atoms with Gasteiger partial charge in [-0.15, -0.1) is 11.3 Å². The third-order valence-corrected chi connectivity index (χ3v) is 3.94. The van der Waals surface area contributed by atoms with Crippen LogP contribution in [0.4, 0.5) is 0 Å². The van der Waals surface area contributed by atoms with Gasteiger partial charge in [0.05, 0.1) is 6.54 Å². The first-order chi connectivity index (χ1) is 8.40. The number of rotatable bonds is 4. The van der Waals surface area contributed by atoms with Crippen molar-refractivity contribution in [2.24, 2.45) is 0 Å². The minimum Gasteiger partial charge on any atom is -0.296 e. The summed E-state index contributed by atoms with van der Waals surface area (Å²) in [5, 5.41) is 9.42. The van der Waals surface area contributed by atoms with Crippen molar-refractivity contribution in [2.75, 3.05) is 13.1 Å². The van der Waals surface area contributed by atoms with Crippen molar-refractivity contribution in [3.63, 3.8) is 0 Å². The highest BCUT2D eigenvalue weighted by Crippen LogP contribution is 2.13. The maximum Gasteiger partial charge on any atom is 0.164 e. The summed E-state index contributed by atoms with van der Waals surface area (Å²) in [5.41, 5.74) is 0. The van der Waals surface area contributed by atoms with Crippen LogP contribution in [0, 0.1) is 0 Å². The fourth-order valence-electron chi connectivity index (χ4n) is 2.20. The Morgan fingerprint density at radius 3 is 3.00 bits per heavy atom. The van der Waals surface area contributed by atoms with Crippen molar-refractivity contribution in [1.82, 2.24) is 20.1 Å². The van der Waals surface area contributed by atoms with E-state index in [1.54, 1.807) is 11.3 Å². The van der Waals surface area contributed by atoms with Crippen molar-refractivity contribution >= 4 is 11.3 Å². The largest absolute Gasteiger partial charge is 0.296 e. The summed E-state index contributed by atoms with van der Waals surface area (Å²) in [6, 6.07) is 4.20. The number of nitrogens with one attached hydrogen (secondary N) is 1. The van der Waals surface area contributed by atoms with Gasteiger partial charge in [-0.25, -0.2) is 4.98 Å². The van der Waals surface area contributed by atoms with Crippen molar-refractivity contribution in [1.29, 1.82) is 0 Å². The lowest BCUT2D eigenvalue weighted by Crippen LogP contribution is -2.19. The monoisotopic (exact) mass is 248 g/mol. The fourth-order valence-corrected chi connectivity index (χ4v) is 2.91. The maximum absolute atomic E-state index is 4.55. The van der Waals surface area contributed by atoms with Crippen LogP contribution in [0.3, 0.4) is 0 Å². The second kappa shape index (κ2) is 4.98. The van der Waals surface area contributed by atoms with Gasteiger partial charge >= 0.3 is 0 Å². The Balaban J connectivity index is 1.61. The molecular formula is C12H16N4S. The van der Waals surface area contributed by atoms with Crippen LogP contribution in [-0.2, 0) is 13.0 Å². The summed E-state index contributed by atoms with van der Waals surface area (Å²) in [6.07, 6.45) is 3.49. The second-order valence-corrected chi connectivity index (χ2v) is 5.47. The molecule has 3 rings (SSSR count). The molecule has 0 bridgehead atoms. The topological polar surface area (TPSA) is 44.8 Å². The molecule has 0 spiro atoms. The van der Waals surface area contributed by atoms with Crippen molar-refractivity contribution in [2.45, 2.75) is 25.8 Å². The third-order valence-electron chi connectivity index (χ3n) is 3.06. The molecule has 3 heterocycles. The van der Waals surface area contributed by atoms with E-state index in [4.69, 9.17) is 0 Å². The number of hydrogen-bond acceptors (Lipinski definition) is 4. The predicted molar refractivity (Wildman–Crippen MR) is 68.0 cm³/mol. The molecule has 90 valence electrons. The van der Waals surface area contributed by atoms with Gasteiger partial charge in [0.15, 0.2) is 5.82 Å². The molecule has 0 radical (unpaired) electrons. The highest BCUT2D eigenvalue weighted by atomic mass is 32.1. The molecule has 0 aromatic carbocycles. The number of nitrogens with zero attached hydrogens (tertiary/aromatic N) is 3. The summed E-state index contributed by atoms with van der Waals surface area (Å²) in [5.74, 6) is 1.90. The molecule has 1 N–H and O–H groups in total. The average Bonchev–Trinajstić information content (AvgIpc) is 3.02. The number of likely N-dealkylation sites (tertiary alicyclic amines) is 1. The van der Waals surface area contributed by atoms with Crippen LogP contribution < -0.4 is 0 Å². The first-order valence-corrected chi connectivity index (χ1v) is 6.93. The summed E-state index contributed by atoms with van der Waals surface area (Å²) >= 11 is 1.76. The summed E-state index contributed by atoms with van der Waals surface area (Å²) < 4.78 is 0. The minimum atomic E-state index is 0.866. The van der Waals surface area contributed by atoms with E-state index in [-0.39, 0.29) is 0 Å². The van der Waals surface area contributed by atoms with E-state index in [0.29, 0.717) is 0 Å². The van der Waals surface area contributed by atoms with Gasteiger partial charge in [0.2, 0.25) is 0 Å². The molecule has 1 aliphatic rings. The second-order valence-electron chi connectivity index (χ2n) is 4.44. The maximum atomic E-state index is 4.55. The molecule has 0 aliphatic carbocycles. The zero-order chi connectivity index (χ0) is 11.5. The van der Waals surface area contributed by atoms with Crippen LogP contribution in [0.25, 0.3) is 0 Å². The highest BCUT2D eigenvalue weighted by molar-refractivity contribution is 7.09. The molecule has 0 atom stereocenters. The highest BCUT2D eigenvalue weighted by Gasteiger charge is 2.14. The Labute approximate surface area is 105 Å². The number of thiophene rings is 1. The van der Waals surface area contributed by atoms with E-state index in [9.17, 15) is 0 Å². The quantitative estimate of drug-likeness (QED) is 0.900. The van der Waals surface area contributed by atoms with Gasteiger partial charge in [-0.1, -0.05) is 6.07 Å². The molecule has 2 aromatic rings. The minimum absolute atomic E-state index is 0.866. The molecule has 17 heavy (non-hydrogen) atoms. The lowest BCUT2D eigenvalue weighted by Gasteiger charge is -2.10. The lowest BCUT2D eigenvalue weighted by atomic mass is 10.3. The third kappa shape index (κ3) is 2.73. The molecule has 0 saturated carbocycles. The molecule has 0 amide bonds. The summed E-state index contributed by atoms with van der Waals surface area (Å²) in [7, 11) is 0. The smallest absolute Gasteiger partial charge is 0.164 e. The molecule has 1 aliphatic heterocycles. The van der Waals surface area contributed by atoms with Gasteiger partial charge in [-0.2, -0.15) is 5.10 Å². The standard InChI is InChI=1S/C12H16N4S/c1-2-6-16(5-1)9-12-13-11(14-15-12)8-10-4-3-7-17-10/h3-4,7H,1-2,5-6,8-9H2,(H,13,14,15). The van der Waals surface area contributed by atoms with Gasteiger partial charge in [0.25, 0.3) is 0 Å². The molecule has 1 fully saturated rings. The Kier molecular flexibility index (Phi) is 3.20. The van der Waals surface area contributed by atoms with Gasteiger partial charge in [-0.3, -0.25) is 10.00 Å². The van der Waals surface area contributed by atoms with Crippen molar-refractivity contribution in [3.8, 4) is 0 Å². The molecule has 2 aromatic heterocycles. The van der Waals surface area contributed by atoms with E-state index in [1.165, 1.54) is 30.8 Å². The van der Waals surface area contributed by atoms with Crippen LogP contribution in [0.1, 0.15) is 29.4 Å². The van der Waals surface area contributed by atoms with Crippen LogP contribution in [0.15, 0.2) is 17.5 Å². The molecule has 0 unspecified atom stereocenters. The number of hydrogen-bond donors (Lipinski definition) is 1. The van der Waals surface area contributed by atoms with Crippen LogP contribution in [0.2, 0.25) is 0 Å². The predicted octanol–water partition coefficient (Wildman–Crippen LogP) is 2.05. The van der Waals surface area contributed by atoms with Gasteiger partial charge < -0.3 is 0 Å². The Hall–Kier alpha value is -1.20. The van der Waals surface area contributed by atoms with E-state index >= 15 is 0 Å². The molecule has 5 heteroatoms. The van der Waals surface area contributed by atoms with E-state index in [2.05, 4.69) is 37.6 Å². The van der Waals surface area contributed by atoms with Crippen LogP contribution >= 0.6 is 11.3 Å². The Morgan fingerprint density at radius 1 is 1.35 bits per heavy atom. The fraction of sp³-hybridized carbons (Fsp3) is 0.500. The zero-order valence-corrected chi connectivity index (χ0v) is 10.5. The van der Waals surface area contributed by atoms with E-state index < -0.39 is 0 Å². The van der Waals surface area contributed by atoms with E-state index in [1.807, 2.05) is 0 Å².